The summed E-state index contributed by atoms with van der Waals surface area (Å²) in [7, 11) is 1.66. The van der Waals surface area contributed by atoms with Crippen LogP contribution >= 0.6 is 0 Å². The number of methoxy groups -OCH3 is 1. The quantitative estimate of drug-likeness (QED) is 0.755. The van der Waals surface area contributed by atoms with Gasteiger partial charge < -0.3 is 9.84 Å². The van der Waals surface area contributed by atoms with Crippen molar-refractivity contribution in [1.82, 2.24) is 0 Å². The van der Waals surface area contributed by atoms with E-state index in [2.05, 4.69) is 13.0 Å². The lowest BCUT2D eigenvalue weighted by molar-refractivity contribution is -0.149. The number of rotatable bonds is 7. The van der Waals surface area contributed by atoms with Gasteiger partial charge >= 0.3 is 5.97 Å². The van der Waals surface area contributed by atoms with Gasteiger partial charge in [-0.2, -0.15) is 0 Å². The summed E-state index contributed by atoms with van der Waals surface area (Å²) in [5.41, 5.74) is 0.401. The first-order valence-corrected chi connectivity index (χ1v) is 6.66. The molecule has 1 N–H and O–H groups in total. The summed E-state index contributed by atoms with van der Waals surface area (Å²) in [6, 6.07) is 0. The largest absolute Gasteiger partial charge is 0.481 e. The predicted octanol–water partition coefficient (Wildman–Crippen LogP) is 3.42. The zero-order valence-corrected chi connectivity index (χ0v) is 11.6. The van der Waals surface area contributed by atoms with Crippen molar-refractivity contribution in [2.45, 2.75) is 39.5 Å². The van der Waals surface area contributed by atoms with Crippen molar-refractivity contribution >= 4 is 5.97 Å². The minimum atomic E-state index is -0.742. The van der Waals surface area contributed by atoms with E-state index in [1.807, 2.05) is 19.1 Å². The van der Waals surface area contributed by atoms with Crippen molar-refractivity contribution in [1.29, 1.82) is 0 Å². The molecule has 1 aliphatic rings. The third kappa shape index (κ3) is 3.22. The van der Waals surface area contributed by atoms with E-state index in [-0.39, 0.29) is 5.92 Å². The summed E-state index contributed by atoms with van der Waals surface area (Å²) >= 11 is 0. The average molecular weight is 252 g/mol. The Morgan fingerprint density at radius 2 is 2.28 bits per heavy atom. The molecule has 18 heavy (non-hydrogen) atoms. The van der Waals surface area contributed by atoms with Crippen LogP contribution in [-0.2, 0) is 9.53 Å². The maximum absolute atomic E-state index is 11.7. The van der Waals surface area contributed by atoms with E-state index >= 15 is 0 Å². The Morgan fingerprint density at radius 1 is 1.56 bits per heavy atom. The highest BCUT2D eigenvalue weighted by Crippen LogP contribution is 2.42. The molecule has 0 heterocycles. The normalized spacial score (nSPS) is 27.1. The Hall–Kier alpha value is -1.09. The van der Waals surface area contributed by atoms with Gasteiger partial charge in [-0.3, -0.25) is 4.79 Å². The van der Waals surface area contributed by atoms with E-state index < -0.39 is 11.4 Å². The zero-order chi connectivity index (χ0) is 13.6. The fourth-order valence-electron chi connectivity index (χ4n) is 2.59. The summed E-state index contributed by atoms with van der Waals surface area (Å²) < 4.78 is 5.11. The van der Waals surface area contributed by atoms with Crippen LogP contribution in [0, 0.1) is 11.3 Å². The fourth-order valence-corrected chi connectivity index (χ4v) is 2.59. The SMILES string of the molecule is CCCCC1(C(=O)O)C=CC(C)=CC1CCOC. The van der Waals surface area contributed by atoms with Crippen molar-refractivity contribution in [3.8, 4) is 0 Å². The highest BCUT2D eigenvalue weighted by Gasteiger charge is 2.43. The van der Waals surface area contributed by atoms with Crippen molar-refractivity contribution in [2.75, 3.05) is 13.7 Å². The molecule has 0 aromatic rings. The number of hydrogen-bond donors (Lipinski definition) is 1. The molecule has 2 unspecified atom stereocenters. The van der Waals surface area contributed by atoms with Crippen LogP contribution in [0.3, 0.4) is 0 Å². The Labute approximate surface area is 110 Å². The van der Waals surface area contributed by atoms with Crippen LogP contribution in [-0.4, -0.2) is 24.8 Å². The number of allylic oxidation sites excluding steroid dienone is 3. The molecule has 2 atom stereocenters. The highest BCUT2D eigenvalue weighted by atomic mass is 16.5. The molecule has 0 saturated carbocycles. The smallest absolute Gasteiger partial charge is 0.314 e. The molecule has 0 aliphatic heterocycles. The molecular formula is C15H24O3. The third-order valence-corrected chi connectivity index (χ3v) is 3.74. The van der Waals surface area contributed by atoms with Gasteiger partial charge in [0.05, 0.1) is 5.41 Å². The number of ether oxygens (including phenoxy) is 1. The van der Waals surface area contributed by atoms with Gasteiger partial charge in [0.2, 0.25) is 0 Å². The second-order valence-electron chi connectivity index (χ2n) is 5.08. The van der Waals surface area contributed by atoms with Crippen LogP contribution in [0.1, 0.15) is 39.5 Å². The summed E-state index contributed by atoms with van der Waals surface area (Å²) in [5, 5.41) is 9.65. The molecule has 102 valence electrons. The minimum Gasteiger partial charge on any atom is -0.481 e. The average Bonchev–Trinajstić information content (AvgIpc) is 2.35. The van der Waals surface area contributed by atoms with Crippen molar-refractivity contribution in [3.05, 3.63) is 23.8 Å². The van der Waals surface area contributed by atoms with E-state index in [1.54, 1.807) is 7.11 Å². The van der Waals surface area contributed by atoms with Gasteiger partial charge in [-0.05, 0) is 25.7 Å². The maximum atomic E-state index is 11.7. The van der Waals surface area contributed by atoms with E-state index in [4.69, 9.17) is 4.74 Å². The van der Waals surface area contributed by atoms with Crippen molar-refractivity contribution < 1.29 is 14.6 Å². The first-order valence-electron chi connectivity index (χ1n) is 6.66. The molecule has 0 spiro atoms. The number of carbonyl (C=O) groups is 1. The minimum absolute atomic E-state index is 0.0338. The summed E-state index contributed by atoms with van der Waals surface area (Å²) in [5.74, 6) is -0.677. The molecule has 0 bridgehead atoms. The molecular weight excluding hydrogens is 228 g/mol. The van der Waals surface area contributed by atoms with Gasteiger partial charge in [0, 0.05) is 13.7 Å². The topological polar surface area (TPSA) is 46.5 Å². The second-order valence-corrected chi connectivity index (χ2v) is 5.08. The van der Waals surface area contributed by atoms with Gasteiger partial charge in [-0.15, -0.1) is 0 Å². The molecule has 3 heteroatoms. The molecule has 0 aromatic carbocycles. The van der Waals surface area contributed by atoms with Crippen LogP contribution < -0.4 is 0 Å². The van der Waals surface area contributed by atoms with E-state index in [0.717, 1.165) is 24.8 Å². The molecule has 1 rings (SSSR count). The number of carboxylic acids is 1. The lowest BCUT2D eigenvalue weighted by atomic mass is 9.67. The first-order chi connectivity index (χ1) is 8.56. The number of aliphatic carboxylic acids is 1. The predicted molar refractivity (Wildman–Crippen MR) is 72.5 cm³/mol. The number of carboxylic acid groups (broad SMARTS) is 1. The summed E-state index contributed by atoms with van der Waals surface area (Å²) in [4.78, 5) is 11.7. The molecule has 0 fully saturated rings. The van der Waals surface area contributed by atoms with Gasteiger partial charge in [-0.25, -0.2) is 0 Å². The summed E-state index contributed by atoms with van der Waals surface area (Å²) in [6.07, 6.45) is 9.33. The van der Waals surface area contributed by atoms with Crippen molar-refractivity contribution in [2.24, 2.45) is 11.3 Å². The molecule has 0 saturated heterocycles. The third-order valence-electron chi connectivity index (χ3n) is 3.74. The lowest BCUT2D eigenvalue weighted by Crippen LogP contribution is -2.38. The molecule has 0 aromatic heterocycles. The van der Waals surface area contributed by atoms with E-state index in [9.17, 15) is 9.90 Å². The first kappa shape index (κ1) is 15.0. The Morgan fingerprint density at radius 3 is 2.83 bits per heavy atom. The molecule has 0 amide bonds. The van der Waals surface area contributed by atoms with Crippen LogP contribution in [0.15, 0.2) is 23.8 Å². The Bertz CT molecular complexity index is 344. The molecule has 3 nitrogen and oxygen atoms in total. The van der Waals surface area contributed by atoms with Gasteiger partial charge in [0.15, 0.2) is 0 Å². The van der Waals surface area contributed by atoms with Gasteiger partial charge in [0.25, 0.3) is 0 Å². The lowest BCUT2D eigenvalue weighted by Gasteiger charge is -2.35. The maximum Gasteiger partial charge on any atom is 0.314 e. The zero-order valence-electron chi connectivity index (χ0n) is 11.6. The van der Waals surface area contributed by atoms with Gasteiger partial charge in [-0.1, -0.05) is 43.6 Å². The summed E-state index contributed by atoms with van der Waals surface area (Å²) in [6.45, 7) is 4.71. The van der Waals surface area contributed by atoms with Crippen molar-refractivity contribution in [3.63, 3.8) is 0 Å². The van der Waals surface area contributed by atoms with Gasteiger partial charge in [0.1, 0.15) is 0 Å². The standard InChI is InChI=1S/C15H24O3/c1-4-5-8-15(14(16)17)9-6-12(2)11-13(15)7-10-18-3/h6,9,11,13H,4-5,7-8,10H2,1-3H3,(H,16,17). The number of unbranched alkanes of at least 4 members (excludes halogenated alkanes) is 1. The van der Waals surface area contributed by atoms with Crippen LogP contribution in [0.4, 0.5) is 0 Å². The highest BCUT2D eigenvalue weighted by molar-refractivity contribution is 5.78. The number of hydrogen-bond acceptors (Lipinski definition) is 2. The van der Waals surface area contributed by atoms with Crippen LogP contribution in [0.5, 0.6) is 0 Å². The van der Waals surface area contributed by atoms with Crippen LogP contribution in [0.25, 0.3) is 0 Å². The second kappa shape index (κ2) is 6.74. The Kier molecular flexibility index (Phi) is 5.60. The van der Waals surface area contributed by atoms with Crippen LogP contribution in [0.2, 0.25) is 0 Å². The van der Waals surface area contributed by atoms with E-state index in [0.29, 0.717) is 13.0 Å². The Balaban J connectivity index is 2.96. The fraction of sp³-hybridized carbons (Fsp3) is 0.667. The molecule has 1 aliphatic carbocycles. The molecule has 0 radical (unpaired) electrons. The monoisotopic (exact) mass is 252 g/mol. The van der Waals surface area contributed by atoms with E-state index in [1.165, 1.54) is 0 Å².